The quantitative estimate of drug-likeness (QED) is 0.353. The molecule has 1 N–H and O–H groups in total. The number of para-hydroxylation sites is 8. The maximum Gasteiger partial charge on any atom is 0.376 e. The third-order valence-corrected chi connectivity index (χ3v) is 7.08. The van der Waals surface area contributed by atoms with Crippen LogP contribution in [0.25, 0.3) is 67.7 Å². The molecule has 0 amide bonds. The summed E-state index contributed by atoms with van der Waals surface area (Å²) in [7, 11) is 0. The summed E-state index contributed by atoms with van der Waals surface area (Å²) in [4.78, 5) is 13.3. The highest BCUT2D eigenvalue weighted by Crippen LogP contribution is 2.29. The Kier molecular flexibility index (Phi) is 3.36. The first-order valence-electron chi connectivity index (χ1n) is 12.0. The lowest BCUT2D eigenvalue weighted by atomic mass is 10.3. The van der Waals surface area contributed by atoms with Crippen molar-refractivity contribution in [2.24, 2.45) is 0 Å². The Balaban J connectivity index is 1.35. The van der Waals surface area contributed by atoms with Crippen molar-refractivity contribution in [2.45, 2.75) is 0 Å². The lowest BCUT2D eigenvalue weighted by Gasteiger charge is -1.97. The van der Waals surface area contributed by atoms with E-state index in [1.807, 2.05) is 69.8 Å². The van der Waals surface area contributed by atoms with Crippen LogP contribution in [-0.4, -0.2) is 33.6 Å². The van der Waals surface area contributed by atoms with E-state index in [-0.39, 0.29) is 0 Å². The van der Waals surface area contributed by atoms with E-state index in [9.17, 15) is 0 Å². The minimum absolute atomic E-state index is 0.351. The van der Waals surface area contributed by atoms with Crippen molar-refractivity contribution in [1.29, 1.82) is 0 Å². The van der Waals surface area contributed by atoms with E-state index in [1.54, 1.807) is 0 Å². The second-order valence-corrected chi connectivity index (χ2v) is 9.06. The van der Waals surface area contributed by atoms with Crippen molar-refractivity contribution in [3.63, 3.8) is 0 Å². The third kappa shape index (κ3) is 2.32. The van der Waals surface area contributed by atoms with E-state index in [2.05, 4.69) is 55.3 Å². The summed E-state index contributed by atoms with van der Waals surface area (Å²) in [5.41, 5.74) is 8.03. The first-order chi connectivity index (χ1) is 18.4. The summed E-state index contributed by atoms with van der Waals surface area (Å²) in [5.74, 6) is 2.01. The molecular weight excluding hydrogens is 464 g/mol. The van der Waals surface area contributed by atoms with Crippen molar-refractivity contribution in [1.82, 2.24) is 33.6 Å². The van der Waals surface area contributed by atoms with Crippen LogP contribution in [0.3, 0.4) is 0 Å². The summed E-state index contributed by atoms with van der Waals surface area (Å²) < 4.78 is 14.2. The fourth-order valence-electron chi connectivity index (χ4n) is 5.55. The van der Waals surface area contributed by atoms with E-state index < -0.39 is 0 Å². The zero-order valence-electron chi connectivity index (χ0n) is 19.3. The Bertz CT molecular complexity index is 2160. The number of rotatable bonds is 2. The average Bonchev–Trinajstić information content (AvgIpc) is 3.73. The van der Waals surface area contributed by atoms with Gasteiger partial charge in [0.2, 0.25) is 5.78 Å². The zero-order valence-corrected chi connectivity index (χ0v) is 19.3. The molecule has 0 aliphatic heterocycles. The maximum atomic E-state index is 5.92. The highest BCUT2D eigenvalue weighted by Gasteiger charge is 2.28. The molecule has 9 heteroatoms. The van der Waals surface area contributed by atoms with Crippen LogP contribution >= 0.6 is 0 Å². The molecule has 9 nitrogen and oxygen atoms in total. The molecule has 5 aromatic heterocycles. The van der Waals surface area contributed by atoms with Gasteiger partial charge in [0.05, 0.1) is 22.1 Å². The number of aromatic nitrogens is 8. The van der Waals surface area contributed by atoms with Crippen LogP contribution in [-0.2, 0) is 0 Å². The van der Waals surface area contributed by atoms with Crippen LogP contribution in [0, 0.1) is 0 Å². The van der Waals surface area contributed by atoms with E-state index >= 15 is 0 Å². The summed E-state index contributed by atoms with van der Waals surface area (Å²) in [5, 5.41) is 4.44. The van der Waals surface area contributed by atoms with E-state index in [0.29, 0.717) is 12.0 Å². The Morgan fingerprint density at radius 3 is 2.24 bits per heavy atom. The van der Waals surface area contributed by atoms with Crippen molar-refractivity contribution in [3.05, 3.63) is 97.1 Å². The summed E-state index contributed by atoms with van der Waals surface area (Å²) in [6.45, 7) is 0. The average molecular weight is 481 g/mol. The molecule has 0 bridgehead atoms. The van der Waals surface area contributed by atoms with Crippen LogP contribution in [0.5, 0.6) is 0 Å². The van der Waals surface area contributed by atoms with Crippen molar-refractivity contribution >= 4 is 55.7 Å². The molecule has 0 radical (unpaired) electrons. The lowest BCUT2D eigenvalue weighted by Crippen LogP contribution is -2.18. The Labute approximate surface area is 207 Å². The molecule has 5 heterocycles. The molecule has 0 spiro atoms. The van der Waals surface area contributed by atoms with E-state index in [4.69, 9.17) is 14.5 Å². The van der Waals surface area contributed by atoms with Crippen LogP contribution in [0.1, 0.15) is 0 Å². The monoisotopic (exact) mass is 481 g/mol. The molecule has 0 fully saturated rings. The fourth-order valence-corrected chi connectivity index (χ4v) is 5.55. The first-order valence-corrected chi connectivity index (χ1v) is 12.0. The number of hydrogen-bond acceptors (Lipinski definition) is 4. The van der Waals surface area contributed by atoms with Crippen LogP contribution in [0.4, 0.5) is 0 Å². The van der Waals surface area contributed by atoms with Gasteiger partial charge in [-0.3, -0.25) is 4.40 Å². The predicted molar refractivity (Wildman–Crippen MR) is 139 cm³/mol. The number of imidazole rings is 4. The van der Waals surface area contributed by atoms with Crippen LogP contribution in [0.15, 0.2) is 102 Å². The molecular formula is C28H17N8O+. The first kappa shape index (κ1) is 18.8. The number of benzene rings is 4. The van der Waals surface area contributed by atoms with Gasteiger partial charge >= 0.3 is 17.7 Å². The summed E-state index contributed by atoms with van der Waals surface area (Å²) in [6, 6.07) is 33.0. The minimum atomic E-state index is 0.351. The Morgan fingerprint density at radius 1 is 0.649 bits per heavy atom. The molecule has 4 aromatic carbocycles. The highest BCUT2D eigenvalue weighted by molar-refractivity contribution is 5.91. The second-order valence-electron chi connectivity index (χ2n) is 9.06. The number of H-pyrrole nitrogens is 1. The maximum absolute atomic E-state index is 5.92. The standard InChI is InChI=1S/C28H16N8O/c1-3-11-19-17(9-1)29-26-33(19)21-13-5-7-15-23(21)35(26)25-31-28(37-32-25)36-24-16-8-6-14-22(24)34-20-12-4-2-10-18(20)30-27(34)36/h1-16H/p+1. The number of fused-ring (bicyclic) bond motifs is 10. The molecule has 0 unspecified atom stereocenters. The number of nitrogens with one attached hydrogen (secondary N) is 1. The zero-order chi connectivity index (χ0) is 24.1. The summed E-state index contributed by atoms with van der Waals surface area (Å²) in [6.07, 6.45) is 0. The summed E-state index contributed by atoms with van der Waals surface area (Å²) >= 11 is 0. The van der Waals surface area contributed by atoms with E-state index in [1.165, 1.54) is 0 Å². The number of nitrogens with zero attached hydrogens (tertiary/aromatic N) is 7. The van der Waals surface area contributed by atoms with Gasteiger partial charge in [-0.15, -0.1) is 4.98 Å². The molecule has 0 aliphatic carbocycles. The topological polar surface area (TPSA) is 86.0 Å². The van der Waals surface area contributed by atoms with Gasteiger partial charge in [0.25, 0.3) is 0 Å². The second kappa shape index (κ2) is 6.61. The Morgan fingerprint density at radius 2 is 1.35 bits per heavy atom. The number of aromatic amines is 1. The van der Waals surface area contributed by atoms with Gasteiger partial charge in [-0.2, -0.15) is 8.97 Å². The van der Waals surface area contributed by atoms with Gasteiger partial charge in [0.15, 0.2) is 5.52 Å². The SMILES string of the molecule is c1ccc2c(c1)nc1n(-c3nc(-n4c5ccccc5[n+]5c6ccccc6[nH]c45)no3)c3ccccc3n21. The van der Waals surface area contributed by atoms with Crippen molar-refractivity contribution < 1.29 is 8.92 Å². The highest BCUT2D eigenvalue weighted by atomic mass is 16.5. The van der Waals surface area contributed by atoms with Gasteiger partial charge in [0, 0.05) is 0 Å². The smallest absolute Gasteiger partial charge is 0.311 e. The molecule has 37 heavy (non-hydrogen) atoms. The largest absolute Gasteiger partial charge is 0.376 e. The Hall–Kier alpha value is -5.44. The van der Waals surface area contributed by atoms with Crippen LogP contribution < -0.4 is 4.40 Å². The predicted octanol–water partition coefficient (Wildman–Crippen LogP) is 4.98. The van der Waals surface area contributed by atoms with Gasteiger partial charge in [-0.1, -0.05) is 48.5 Å². The van der Waals surface area contributed by atoms with Crippen molar-refractivity contribution in [2.75, 3.05) is 0 Å². The molecule has 174 valence electrons. The molecule has 0 atom stereocenters. The van der Waals surface area contributed by atoms with Gasteiger partial charge in [-0.05, 0) is 53.7 Å². The lowest BCUT2D eigenvalue weighted by molar-refractivity contribution is -0.449. The minimum Gasteiger partial charge on any atom is -0.311 e. The van der Waals surface area contributed by atoms with Gasteiger partial charge in [0.1, 0.15) is 16.6 Å². The molecule has 0 saturated heterocycles. The molecule has 9 aromatic rings. The number of hydrogen-bond donors (Lipinski definition) is 1. The molecule has 0 saturated carbocycles. The van der Waals surface area contributed by atoms with Gasteiger partial charge in [-0.25, -0.2) is 14.5 Å². The normalized spacial score (nSPS) is 12.3. The fraction of sp³-hybridized carbons (Fsp3) is 0. The van der Waals surface area contributed by atoms with E-state index in [0.717, 1.165) is 55.7 Å². The molecule has 0 aliphatic rings. The van der Waals surface area contributed by atoms with Gasteiger partial charge < -0.3 is 4.52 Å². The van der Waals surface area contributed by atoms with Crippen LogP contribution in [0.2, 0.25) is 0 Å². The molecule has 9 rings (SSSR count). The van der Waals surface area contributed by atoms with Crippen molar-refractivity contribution in [3.8, 4) is 12.0 Å². The third-order valence-electron chi connectivity index (χ3n) is 7.08.